The lowest BCUT2D eigenvalue weighted by Crippen LogP contribution is -2.63. The predicted octanol–water partition coefficient (Wildman–Crippen LogP) is 5.32. The Kier molecular flexibility index (Phi) is 11.4. The molecule has 1 saturated heterocycles. The fraction of sp³-hybridized carbons (Fsp3) is 0.258. The van der Waals surface area contributed by atoms with Crippen molar-refractivity contribution in [2.75, 3.05) is 6.61 Å². The first-order valence-electron chi connectivity index (χ1n) is 13.3. The summed E-state index contributed by atoms with van der Waals surface area (Å²) >= 11 is 17.5. The highest BCUT2D eigenvalue weighted by atomic mass is 35.6. The molecule has 1 fully saturated rings. The van der Waals surface area contributed by atoms with Crippen LogP contribution < -0.4 is 0 Å². The van der Waals surface area contributed by atoms with Gasteiger partial charge in [0.1, 0.15) is 12.7 Å². The molecule has 1 N–H and O–H groups in total. The van der Waals surface area contributed by atoms with Crippen molar-refractivity contribution in [1.29, 1.82) is 5.41 Å². The number of ether oxygens (including phenoxy) is 6. The first-order chi connectivity index (χ1) is 21.4. The number of esters is 4. The minimum atomic E-state index is -2.37. The van der Waals surface area contributed by atoms with Gasteiger partial charge >= 0.3 is 23.9 Å². The maximum absolute atomic E-state index is 13.3. The third-order valence-corrected chi connectivity index (χ3v) is 6.79. The summed E-state index contributed by atoms with van der Waals surface area (Å²) in [5, 5.41) is 8.10. The van der Waals surface area contributed by atoms with Crippen LogP contribution in [0.3, 0.4) is 0 Å². The molecule has 0 aromatic heterocycles. The second kappa shape index (κ2) is 15.2. The number of carbonyl (C=O) groups is 4. The average Bonchev–Trinajstić information content (AvgIpc) is 3.03. The van der Waals surface area contributed by atoms with E-state index in [4.69, 9.17) is 68.6 Å². The lowest BCUT2D eigenvalue weighted by Gasteiger charge is -2.44. The molecule has 4 rings (SSSR count). The molecule has 236 valence electrons. The number of rotatable bonds is 9. The van der Waals surface area contributed by atoms with E-state index in [-0.39, 0.29) is 16.7 Å². The van der Waals surface area contributed by atoms with Gasteiger partial charge in [0, 0.05) is 6.92 Å². The summed E-state index contributed by atoms with van der Waals surface area (Å²) < 4.78 is 31.6. The number of nitrogens with one attached hydrogen (secondary N) is 1. The Morgan fingerprint density at radius 2 is 1.11 bits per heavy atom. The SMILES string of the molecule is CC(=O)O[C@@H]1[C@@H](OC(=N)C(Cl)(Cl)Cl)O[C@H](COC(=O)c2ccccc2)[C@@H](OC(=O)c2ccccc2)[C@@H]1OC(=O)c1ccccc1. The van der Waals surface area contributed by atoms with Gasteiger partial charge in [0.05, 0.1) is 16.7 Å². The quantitative estimate of drug-likeness (QED) is 0.104. The zero-order chi connectivity index (χ0) is 32.6. The fourth-order valence-corrected chi connectivity index (χ4v) is 4.36. The van der Waals surface area contributed by atoms with E-state index < -0.39 is 70.9 Å². The van der Waals surface area contributed by atoms with Crippen molar-refractivity contribution >= 4 is 64.6 Å². The van der Waals surface area contributed by atoms with Gasteiger partial charge in [-0.25, -0.2) is 14.4 Å². The van der Waals surface area contributed by atoms with Gasteiger partial charge in [-0.1, -0.05) is 89.4 Å². The Hall–Kier alpha value is -4.16. The summed E-state index contributed by atoms with van der Waals surface area (Å²) in [4.78, 5) is 51.7. The van der Waals surface area contributed by atoms with Crippen molar-refractivity contribution in [2.45, 2.75) is 41.4 Å². The molecule has 0 radical (unpaired) electrons. The van der Waals surface area contributed by atoms with Crippen molar-refractivity contribution < 1.29 is 47.6 Å². The molecule has 0 amide bonds. The van der Waals surface area contributed by atoms with Crippen LogP contribution in [0.4, 0.5) is 0 Å². The number of hydrogen-bond donors (Lipinski definition) is 1. The maximum Gasteiger partial charge on any atom is 0.338 e. The number of benzene rings is 3. The van der Waals surface area contributed by atoms with Crippen molar-refractivity contribution in [3.05, 3.63) is 108 Å². The Labute approximate surface area is 272 Å². The molecule has 3 aromatic rings. The van der Waals surface area contributed by atoms with Crippen LogP contribution in [-0.2, 0) is 33.2 Å². The van der Waals surface area contributed by atoms with Gasteiger partial charge in [-0.15, -0.1) is 0 Å². The van der Waals surface area contributed by atoms with Gasteiger partial charge < -0.3 is 28.4 Å². The first kappa shape index (κ1) is 33.7. The third-order valence-electron chi connectivity index (χ3n) is 6.28. The minimum absolute atomic E-state index is 0.109. The van der Waals surface area contributed by atoms with E-state index in [0.29, 0.717) is 0 Å². The smallest absolute Gasteiger partial charge is 0.338 e. The largest absolute Gasteiger partial charge is 0.459 e. The van der Waals surface area contributed by atoms with Gasteiger partial charge in [-0.3, -0.25) is 10.2 Å². The highest BCUT2D eigenvalue weighted by molar-refractivity contribution is 6.76. The summed E-state index contributed by atoms with van der Waals surface area (Å²) in [6, 6.07) is 23.7. The van der Waals surface area contributed by atoms with E-state index in [9.17, 15) is 19.2 Å². The van der Waals surface area contributed by atoms with Crippen LogP contribution in [0.2, 0.25) is 0 Å². The number of carbonyl (C=O) groups excluding carboxylic acids is 4. The number of halogens is 3. The van der Waals surface area contributed by atoms with E-state index in [0.717, 1.165) is 6.92 Å². The molecule has 0 bridgehead atoms. The maximum atomic E-state index is 13.3. The molecule has 3 aromatic carbocycles. The Morgan fingerprint density at radius 1 is 0.667 bits per heavy atom. The molecule has 14 heteroatoms. The highest BCUT2D eigenvalue weighted by Crippen LogP contribution is 2.34. The van der Waals surface area contributed by atoms with Crippen LogP contribution >= 0.6 is 34.8 Å². The van der Waals surface area contributed by atoms with E-state index in [1.807, 2.05) is 0 Å². The first-order valence-corrected chi connectivity index (χ1v) is 14.5. The summed E-state index contributed by atoms with van der Waals surface area (Å²) in [6.45, 7) is 0.486. The standard InChI is InChI=1S/C31H26Cl3NO10/c1-18(36)41-25-24(44-28(39)21-15-9-4-10-16-21)23(43-27(38)20-13-7-3-8-14-20)22(42-29(25)45-30(35)31(32,33)34)17-40-26(37)19-11-5-2-6-12-19/h2-16,22-25,29,35H,17H2,1H3/t22-,23-,24+,25+,29-/m1/s1. The van der Waals surface area contributed by atoms with Crippen LogP contribution in [-0.4, -0.2) is 70.9 Å². The highest BCUT2D eigenvalue weighted by Gasteiger charge is 2.55. The molecule has 11 nitrogen and oxygen atoms in total. The van der Waals surface area contributed by atoms with Crippen LogP contribution in [0, 0.1) is 5.41 Å². The normalized spacial score (nSPS) is 21.1. The van der Waals surface area contributed by atoms with Crippen molar-refractivity contribution in [3.8, 4) is 0 Å². The second-order valence-electron chi connectivity index (χ2n) is 9.50. The molecular weight excluding hydrogens is 653 g/mol. The van der Waals surface area contributed by atoms with E-state index >= 15 is 0 Å². The summed E-state index contributed by atoms with van der Waals surface area (Å²) in [5.41, 5.74) is 0.449. The van der Waals surface area contributed by atoms with Gasteiger partial charge in [-0.2, -0.15) is 0 Å². The molecule has 0 aliphatic carbocycles. The minimum Gasteiger partial charge on any atom is -0.459 e. The van der Waals surface area contributed by atoms with Gasteiger partial charge in [0.25, 0.3) is 3.79 Å². The van der Waals surface area contributed by atoms with Crippen LogP contribution in [0.15, 0.2) is 91.0 Å². The summed E-state index contributed by atoms with van der Waals surface area (Å²) in [5.74, 6) is -4.31. The lowest BCUT2D eigenvalue weighted by atomic mass is 9.97. The number of hydrogen-bond acceptors (Lipinski definition) is 11. The average molecular weight is 679 g/mol. The zero-order valence-corrected chi connectivity index (χ0v) is 25.7. The topological polar surface area (TPSA) is 148 Å². The zero-order valence-electron chi connectivity index (χ0n) is 23.5. The third kappa shape index (κ3) is 9.18. The van der Waals surface area contributed by atoms with E-state index in [1.54, 1.807) is 54.6 Å². The van der Waals surface area contributed by atoms with Crippen LogP contribution in [0.25, 0.3) is 0 Å². The van der Waals surface area contributed by atoms with Crippen molar-refractivity contribution in [1.82, 2.24) is 0 Å². The predicted molar refractivity (Wildman–Crippen MR) is 161 cm³/mol. The molecule has 0 spiro atoms. The second-order valence-corrected chi connectivity index (χ2v) is 11.8. The van der Waals surface area contributed by atoms with E-state index in [1.165, 1.54) is 36.4 Å². The summed E-state index contributed by atoms with van der Waals surface area (Å²) in [7, 11) is 0. The Morgan fingerprint density at radius 3 is 1.56 bits per heavy atom. The Bertz CT molecular complexity index is 1500. The van der Waals surface area contributed by atoms with Crippen LogP contribution in [0.5, 0.6) is 0 Å². The molecule has 1 heterocycles. The number of alkyl halides is 3. The van der Waals surface area contributed by atoms with Crippen LogP contribution in [0.1, 0.15) is 38.0 Å². The Balaban J connectivity index is 1.75. The molecule has 45 heavy (non-hydrogen) atoms. The van der Waals surface area contributed by atoms with Gasteiger partial charge in [0.15, 0.2) is 12.2 Å². The molecule has 5 atom stereocenters. The van der Waals surface area contributed by atoms with Crippen molar-refractivity contribution in [2.24, 2.45) is 0 Å². The monoisotopic (exact) mass is 677 g/mol. The molecule has 0 unspecified atom stereocenters. The van der Waals surface area contributed by atoms with Gasteiger partial charge in [-0.05, 0) is 36.4 Å². The molecule has 1 aliphatic heterocycles. The molecular formula is C31H26Cl3NO10. The summed E-state index contributed by atoms with van der Waals surface area (Å²) in [6.07, 6.45) is -8.05. The van der Waals surface area contributed by atoms with Crippen molar-refractivity contribution in [3.63, 3.8) is 0 Å². The fourth-order valence-electron chi connectivity index (χ4n) is 4.23. The molecule has 0 saturated carbocycles. The molecule has 1 aliphatic rings. The lowest BCUT2D eigenvalue weighted by molar-refractivity contribution is -0.284. The van der Waals surface area contributed by atoms with E-state index in [2.05, 4.69) is 0 Å². The van der Waals surface area contributed by atoms with Gasteiger partial charge in [0.2, 0.25) is 18.3 Å².